The van der Waals surface area contributed by atoms with Gasteiger partial charge in [0.2, 0.25) is 10.0 Å². The molecule has 1 aromatic rings. The first-order valence-electron chi connectivity index (χ1n) is 5.96. The molecule has 100 valence electrons. The van der Waals surface area contributed by atoms with Crippen LogP contribution >= 0.6 is 0 Å². The van der Waals surface area contributed by atoms with Gasteiger partial charge in [0.15, 0.2) is 0 Å². The number of nitrogens with two attached hydrogens (primary N) is 1. The summed E-state index contributed by atoms with van der Waals surface area (Å²) in [4.78, 5) is 2.39. The van der Waals surface area contributed by atoms with Crippen LogP contribution in [-0.4, -0.2) is 39.5 Å². The average Bonchev–Trinajstić information content (AvgIpc) is 2.67. The quantitative estimate of drug-likeness (QED) is 0.786. The van der Waals surface area contributed by atoms with Crippen LogP contribution in [0.15, 0.2) is 23.1 Å². The summed E-state index contributed by atoms with van der Waals surface area (Å²) in [6.45, 7) is 3.40. The van der Waals surface area contributed by atoms with Crippen molar-refractivity contribution >= 4 is 15.7 Å². The molecule has 18 heavy (non-hydrogen) atoms. The van der Waals surface area contributed by atoms with E-state index in [4.69, 9.17) is 5.73 Å². The molecule has 3 N–H and O–H groups in total. The molecule has 0 spiro atoms. The van der Waals surface area contributed by atoms with Gasteiger partial charge in [0.05, 0.1) is 4.90 Å². The maximum absolute atomic E-state index is 12.3. The van der Waals surface area contributed by atoms with Crippen molar-refractivity contribution < 1.29 is 8.42 Å². The van der Waals surface area contributed by atoms with Crippen molar-refractivity contribution in [2.45, 2.75) is 24.3 Å². The molecule has 0 saturated carbocycles. The number of nitrogen functional groups attached to an aromatic ring is 1. The number of hydrogen-bond acceptors (Lipinski definition) is 4. The summed E-state index contributed by atoms with van der Waals surface area (Å²) in [5.41, 5.74) is 6.86. The summed E-state index contributed by atoms with van der Waals surface area (Å²) in [7, 11) is -1.49. The van der Waals surface area contributed by atoms with Crippen LogP contribution in [0.1, 0.15) is 12.0 Å². The lowest BCUT2D eigenvalue weighted by Crippen LogP contribution is -2.36. The van der Waals surface area contributed by atoms with Crippen molar-refractivity contribution in [2.75, 3.05) is 25.9 Å². The number of hydrogen-bond donors (Lipinski definition) is 2. The maximum atomic E-state index is 12.3. The first-order valence-corrected chi connectivity index (χ1v) is 7.44. The monoisotopic (exact) mass is 269 g/mol. The Morgan fingerprint density at radius 1 is 1.44 bits per heavy atom. The average molecular weight is 269 g/mol. The van der Waals surface area contributed by atoms with Gasteiger partial charge in [0.1, 0.15) is 0 Å². The fourth-order valence-corrected chi connectivity index (χ4v) is 3.77. The zero-order valence-corrected chi connectivity index (χ0v) is 11.5. The second-order valence-electron chi connectivity index (χ2n) is 4.84. The number of sulfonamides is 1. The van der Waals surface area contributed by atoms with E-state index >= 15 is 0 Å². The van der Waals surface area contributed by atoms with Crippen LogP contribution in [0.2, 0.25) is 0 Å². The Bertz CT molecular complexity index is 542. The van der Waals surface area contributed by atoms with E-state index in [0.717, 1.165) is 19.5 Å². The molecule has 0 radical (unpaired) electrons. The second-order valence-corrected chi connectivity index (χ2v) is 6.52. The van der Waals surface area contributed by atoms with E-state index in [1.807, 2.05) is 7.05 Å². The first kappa shape index (κ1) is 13.3. The lowest BCUT2D eigenvalue weighted by molar-refractivity contribution is 0.407. The Kier molecular flexibility index (Phi) is 3.61. The van der Waals surface area contributed by atoms with Gasteiger partial charge in [0, 0.05) is 18.3 Å². The van der Waals surface area contributed by atoms with Crippen LogP contribution in [0, 0.1) is 6.92 Å². The van der Waals surface area contributed by atoms with E-state index in [1.54, 1.807) is 25.1 Å². The zero-order valence-electron chi connectivity index (χ0n) is 10.7. The van der Waals surface area contributed by atoms with Crippen LogP contribution in [0.3, 0.4) is 0 Å². The van der Waals surface area contributed by atoms with Gasteiger partial charge in [-0.05, 0) is 44.6 Å². The molecule has 1 heterocycles. The number of nitrogens with one attached hydrogen (secondary N) is 1. The predicted molar refractivity (Wildman–Crippen MR) is 71.8 cm³/mol. The number of nitrogens with zero attached hydrogens (tertiary/aromatic N) is 1. The van der Waals surface area contributed by atoms with Gasteiger partial charge in [0.25, 0.3) is 0 Å². The first-order chi connectivity index (χ1) is 8.40. The van der Waals surface area contributed by atoms with Crippen molar-refractivity contribution in [3.05, 3.63) is 23.8 Å². The fraction of sp³-hybridized carbons (Fsp3) is 0.500. The SMILES string of the molecule is Cc1c(N)cccc1S(=O)(=O)NC1CCN(C)C1. The van der Waals surface area contributed by atoms with E-state index in [2.05, 4.69) is 9.62 Å². The van der Waals surface area contributed by atoms with Crippen molar-refractivity contribution in [3.8, 4) is 0 Å². The van der Waals surface area contributed by atoms with E-state index in [9.17, 15) is 8.42 Å². The largest absolute Gasteiger partial charge is 0.398 e. The summed E-state index contributed by atoms with van der Waals surface area (Å²) in [6, 6.07) is 4.95. The third-order valence-electron chi connectivity index (χ3n) is 3.33. The van der Waals surface area contributed by atoms with Crippen LogP contribution < -0.4 is 10.5 Å². The van der Waals surface area contributed by atoms with Crippen LogP contribution in [0.5, 0.6) is 0 Å². The Morgan fingerprint density at radius 2 is 2.17 bits per heavy atom. The van der Waals surface area contributed by atoms with Crippen LogP contribution in [0.4, 0.5) is 5.69 Å². The predicted octanol–water partition coefficient (Wildman–Crippen LogP) is 0.560. The lowest BCUT2D eigenvalue weighted by Gasteiger charge is -2.15. The smallest absolute Gasteiger partial charge is 0.241 e. The van der Waals surface area contributed by atoms with Crippen molar-refractivity contribution in [1.82, 2.24) is 9.62 Å². The standard InChI is InChI=1S/C12H19N3O2S/c1-9-11(13)4-3-5-12(9)18(16,17)14-10-6-7-15(2)8-10/h3-5,10,14H,6-8,13H2,1-2H3. The summed E-state index contributed by atoms with van der Waals surface area (Å²) >= 11 is 0. The second kappa shape index (κ2) is 4.87. The summed E-state index contributed by atoms with van der Waals surface area (Å²) in [5.74, 6) is 0. The molecule has 0 aromatic heterocycles. The van der Waals surface area contributed by atoms with E-state index in [0.29, 0.717) is 11.3 Å². The highest BCUT2D eigenvalue weighted by Crippen LogP contribution is 2.21. The highest BCUT2D eigenvalue weighted by Gasteiger charge is 2.26. The molecule has 1 aliphatic rings. The molecular formula is C12H19N3O2S. The molecule has 2 rings (SSSR count). The number of benzene rings is 1. The molecule has 0 bridgehead atoms. The molecule has 1 fully saturated rings. The zero-order chi connectivity index (χ0) is 13.3. The Morgan fingerprint density at radius 3 is 2.78 bits per heavy atom. The molecule has 1 saturated heterocycles. The van der Waals surface area contributed by atoms with Crippen LogP contribution in [0.25, 0.3) is 0 Å². The van der Waals surface area contributed by atoms with E-state index < -0.39 is 10.0 Å². The molecule has 0 amide bonds. The third-order valence-corrected chi connectivity index (χ3v) is 4.99. The topological polar surface area (TPSA) is 75.4 Å². The molecule has 1 aliphatic heterocycles. The lowest BCUT2D eigenvalue weighted by atomic mass is 10.2. The number of rotatable bonds is 3. The Labute approximate surface area is 108 Å². The van der Waals surface area contributed by atoms with Gasteiger partial charge in [-0.3, -0.25) is 0 Å². The molecule has 5 nitrogen and oxygen atoms in total. The van der Waals surface area contributed by atoms with Gasteiger partial charge in [-0.15, -0.1) is 0 Å². The van der Waals surface area contributed by atoms with Crippen molar-refractivity contribution in [2.24, 2.45) is 0 Å². The summed E-state index contributed by atoms with van der Waals surface area (Å²) in [5, 5.41) is 0. The molecule has 1 unspecified atom stereocenters. The molecule has 6 heteroatoms. The number of anilines is 1. The minimum atomic E-state index is -3.48. The molecule has 1 atom stereocenters. The van der Waals surface area contributed by atoms with Crippen molar-refractivity contribution in [3.63, 3.8) is 0 Å². The highest BCUT2D eigenvalue weighted by molar-refractivity contribution is 7.89. The van der Waals surface area contributed by atoms with Gasteiger partial charge >= 0.3 is 0 Å². The van der Waals surface area contributed by atoms with Gasteiger partial charge in [-0.1, -0.05) is 6.07 Å². The molecule has 0 aliphatic carbocycles. The molecular weight excluding hydrogens is 250 g/mol. The fourth-order valence-electron chi connectivity index (χ4n) is 2.24. The Hall–Kier alpha value is -1.11. The van der Waals surface area contributed by atoms with Gasteiger partial charge < -0.3 is 10.6 Å². The molecule has 1 aromatic carbocycles. The number of likely N-dealkylation sites (N-methyl/N-ethyl adjacent to an activating group) is 1. The van der Waals surface area contributed by atoms with Crippen molar-refractivity contribution in [1.29, 1.82) is 0 Å². The summed E-state index contributed by atoms with van der Waals surface area (Å²) < 4.78 is 27.3. The van der Waals surface area contributed by atoms with Gasteiger partial charge in [-0.2, -0.15) is 0 Å². The van der Waals surface area contributed by atoms with E-state index in [-0.39, 0.29) is 10.9 Å². The summed E-state index contributed by atoms with van der Waals surface area (Å²) in [6.07, 6.45) is 0.844. The van der Waals surface area contributed by atoms with Crippen LogP contribution in [-0.2, 0) is 10.0 Å². The normalized spacial score (nSPS) is 21.3. The maximum Gasteiger partial charge on any atom is 0.241 e. The third kappa shape index (κ3) is 2.66. The van der Waals surface area contributed by atoms with Gasteiger partial charge in [-0.25, -0.2) is 13.1 Å². The van der Waals surface area contributed by atoms with E-state index in [1.165, 1.54) is 0 Å². The number of likely N-dealkylation sites (tertiary alicyclic amines) is 1. The highest BCUT2D eigenvalue weighted by atomic mass is 32.2. The minimum absolute atomic E-state index is 0.0131. The Balaban J connectivity index is 2.23. The minimum Gasteiger partial charge on any atom is -0.398 e.